The summed E-state index contributed by atoms with van der Waals surface area (Å²) in [5.41, 5.74) is 2.09. The highest BCUT2D eigenvalue weighted by atomic mass is 32.2. The first-order valence-electron chi connectivity index (χ1n) is 7.90. The number of nitrogens with zero attached hydrogens (tertiary/aromatic N) is 1. The summed E-state index contributed by atoms with van der Waals surface area (Å²) in [6.45, 7) is 3.45. The standard InChI is InChI=1S/C19H18N2O4S/c1-12-9-10-15(26(3,23)24)11-16(12)20-18(22)17-13(2)25-19(21-17)14-7-5-4-6-8-14/h4-11H,1-3H3,(H,20,22). The maximum absolute atomic E-state index is 12.6. The fraction of sp³-hybridized carbons (Fsp3) is 0.158. The molecule has 26 heavy (non-hydrogen) atoms. The zero-order chi connectivity index (χ0) is 18.9. The molecule has 0 saturated heterocycles. The maximum Gasteiger partial charge on any atom is 0.277 e. The van der Waals surface area contributed by atoms with Crippen molar-refractivity contribution in [3.05, 3.63) is 65.5 Å². The van der Waals surface area contributed by atoms with E-state index in [9.17, 15) is 13.2 Å². The molecule has 0 saturated carbocycles. The lowest BCUT2D eigenvalue weighted by Crippen LogP contribution is -2.15. The second-order valence-electron chi connectivity index (χ2n) is 5.99. The quantitative estimate of drug-likeness (QED) is 0.758. The first-order valence-corrected chi connectivity index (χ1v) is 9.80. The lowest BCUT2D eigenvalue weighted by atomic mass is 10.2. The molecule has 0 aliphatic heterocycles. The number of amides is 1. The maximum atomic E-state index is 12.6. The number of carbonyl (C=O) groups excluding carboxylic acids is 1. The van der Waals surface area contributed by atoms with Crippen molar-refractivity contribution in [3.8, 4) is 11.5 Å². The fourth-order valence-electron chi connectivity index (χ4n) is 2.46. The Kier molecular flexibility index (Phi) is 4.65. The number of rotatable bonds is 4. The molecule has 0 spiro atoms. The van der Waals surface area contributed by atoms with Crippen molar-refractivity contribution in [3.63, 3.8) is 0 Å². The van der Waals surface area contributed by atoms with Crippen LogP contribution in [0.5, 0.6) is 0 Å². The fourth-order valence-corrected chi connectivity index (χ4v) is 3.11. The SMILES string of the molecule is Cc1ccc(S(C)(=O)=O)cc1NC(=O)c1nc(-c2ccccc2)oc1C. The summed E-state index contributed by atoms with van der Waals surface area (Å²) < 4.78 is 29.1. The van der Waals surface area contributed by atoms with Gasteiger partial charge in [0.15, 0.2) is 15.5 Å². The van der Waals surface area contributed by atoms with Gasteiger partial charge in [0.2, 0.25) is 5.89 Å². The molecule has 1 heterocycles. The summed E-state index contributed by atoms with van der Waals surface area (Å²) in [5, 5.41) is 2.72. The number of hydrogen-bond acceptors (Lipinski definition) is 5. The zero-order valence-corrected chi connectivity index (χ0v) is 15.4. The molecule has 0 radical (unpaired) electrons. The van der Waals surface area contributed by atoms with Gasteiger partial charge in [0.25, 0.3) is 5.91 Å². The third kappa shape index (κ3) is 3.67. The largest absolute Gasteiger partial charge is 0.441 e. The Morgan fingerprint density at radius 1 is 1.08 bits per heavy atom. The lowest BCUT2D eigenvalue weighted by molar-refractivity contribution is 0.102. The van der Waals surface area contributed by atoms with Crippen molar-refractivity contribution in [1.29, 1.82) is 0 Å². The summed E-state index contributed by atoms with van der Waals surface area (Å²) in [5.74, 6) is 0.287. The molecule has 1 aromatic heterocycles. The van der Waals surface area contributed by atoms with Gasteiger partial charge >= 0.3 is 0 Å². The highest BCUT2D eigenvalue weighted by Gasteiger charge is 2.19. The Morgan fingerprint density at radius 3 is 2.42 bits per heavy atom. The average Bonchev–Trinajstić information content (AvgIpc) is 2.98. The van der Waals surface area contributed by atoms with Crippen LogP contribution in [0.1, 0.15) is 21.8 Å². The third-order valence-corrected chi connectivity index (χ3v) is 5.03. The molecular weight excluding hydrogens is 352 g/mol. The Hall–Kier alpha value is -2.93. The minimum atomic E-state index is -3.37. The Labute approximate surface area is 151 Å². The van der Waals surface area contributed by atoms with E-state index in [4.69, 9.17) is 4.42 Å². The van der Waals surface area contributed by atoms with E-state index in [1.807, 2.05) is 30.3 Å². The van der Waals surface area contributed by atoms with Crippen molar-refractivity contribution < 1.29 is 17.6 Å². The summed E-state index contributed by atoms with van der Waals surface area (Å²) in [7, 11) is -3.37. The molecule has 7 heteroatoms. The van der Waals surface area contributed by atoms with E-state index < -0.39 is 15.7 Å². The Morgan fingerprint density at radius 2 is 1.77 bits per heavy atom. The van der Waals surface area contributed by atoms with E-state index in [2.05, 4.69) is 10.3 Å². The second kappa shape index (κ2) is 6.76. The van der Waals surface area contributed by atoms with E-state index in [-0.39, 0.29) is 10.6 Å². The normalized spacial score (nSPS) is 11.3. The van der Waals surface area contributed by atoms with Crippen molar-refractivity contribution >= 4 is 21.4 Å². The molecule has 0 fully saturated rings. The molecule has 0 unspecified atom stereocenters. The van der Waals surface area contributed by atoms with Crippen LogP contribution in [0.3, 0.4) is 0 Å². The molecule has 0 bridgehead atoms. The van der Waals surface area contributed by atoms with E-state index in [1.54, 1.807) is 19.9 Å². The Bertz CT molecular complexity index is 1070. The number of aryl methyl sites for hydroxylation is 2. The van der Waals surface area contributed by atoms with Gasteiger partial charge in [0.05, 0.1) is 4.90 Å². The summed E-state index contributed by atoms with van der Waals surface area (Å²) in [6.07, 6.45) is 1.12. The van der Waals surface area contributed by atoms with Crippen molar-refractivity contribution in [2.45, 2.75) is 18.7 Å². The van der Waals surface area contributed by atoms with Crippen molar-refractivity contribution in [2.75, 3.05) is 11.6 Å². The van der Waals surface area contributed by atoms with E-state index in [0.717, 1.165) is 17.4 Å². The third-order valence-electron chi connectivity index (χ3n) is 3.92. The molecule has 0 atom stereocenters. The van der Waals surface area contributed by atoms with Crippen molar-refractivity contribution in [1.82, 2.24) is 4.98 Å². The van der Waals surface area contributed by atoms with Crippen LogP contribution in [0.25, 0.3) is 11.5 Å². The van der Waals surface area contributed by atoms with E-state index >= 15 is 0 Å². The highest BCUT2D eigenvalue weighted by molar-refractivity contribution is 7.90. The molecular formula is C19H18N2O4S. The monoisotopic (exact) mass is 370 g/mol. The van der Waals surface area contributed by atoms with Gasteiger partial charge in [-0.1, -0.05) is 24.3 Å². The summed E-state index contributed by atoms with van der Waals surface area (Å²) >= 11 is 0. The number of sulfone groups is 1. The number of benzene rings is 2. The van der Waals surface area contributed by atoms with E-state index in [1.165, 1.54) is 12.1 Å². The molecule has 3 rings (SSSR count). The number of nitrogens with one attached hydrogen (secondary N) is 1. The van der Waals surface area contributed by atoms with Crippen LogP contribution in [0.15, 0.2) is 57.8 Å². The molecule has 3 aromatic rings. The first kappa shape index (κ1) is 17.9. The molecule has 134 valence electrons. The van der Waals surface area contributed by atoms with Gasteiger partial charge in [-0.3, -0.25) is 4.79 Å². The predicted molar refractivity (Wildman–Crippen MR) is 98.9 cm³/mol. The van der Waals surface area contributed by atoms with Crippen LogP contribution in [-0.2, 0) is 9.84 Å². The van der Waals surface area contributed by atoms with Crippen LogP contribution in [0.4, 0.5) is 5.69 Å². The molecule has 1 N–H and O–H groups in total. The topological polar surface area (TPSA) is 89.3 Å². The molecule has 1 amide bonds. The van der Waals surface area contributed by atoms with Crippen LogP contribution in [-0.4, -0.2) is 25.6 Å². The number of oxazole rings is 1. The molecule has 0 aliphatic carbocycles. The molecule has 0 aliphatic rings. The van der Waals surface area contributed by atoms with Gasteiger partial charge in [-0.2, -0.15) is 0 Å². The number of carbonyl (C=O) groups is 1. The van der Waals surface area contributed by atoms with Crippen LogP contribution < -0.4 is 5.32 Å². The van der Waals surface area contributed by atoms with Crippen LogP contribution in [0.2, 0.25) is 0 Å². The minimum absolute atomic E-state index is 0.139. The highest BCUT2D eigenvalue weighted by Crippen LogP contribution is 2.24. The second-order valence-corrected chi connectivity index (χ2v) is 8.01. The number of aromatic nitrogens is 1. The van der Waals surface area contributed by atoms with Gasteiger partial charge in [-0.05, 0) is 43.7 Å². The van der Waals surface area contributed by atoms with Gasteiger partial charge in [-0.15, -0.1) is 0 Å². The zero-order valence-electron chi connectivity index (χ0n) is 14.6. The minimum Gasteiger partial charge on any atom is -0.441 e. The Balaban J connectivity index is 1.91. The number of hydrogen-bond donors (Lipinski definition) is 1. The summed E-state index contributed by atoms with van der Waals surface area (Å²) in [4.78, 5) is 17.0. The first-order chi connectivity index (χ1) is 12.3. The molecule has 2 aromatic carbocycles. The van der Waals surface area contributed by atoms with Gasteiger partial charge < -0.3 is 9.73 Å². The van der Waals surface area contributed by atoms with Gasteiger partial charge in [-0.25, -0.2) is 13.4 Å². The summed E-state index contributed by atoms with van der Waals surface area (Å²) in [6, 6.07) is 13.9. The number of anilines is 1. The molecule has 6 nitrogen and oxygen atoms in total. The lowest BCUT2D eigenvalue weighted by Gasteiger charge is -2.09. The smallest absolute Gasteiger partial charge is 0.277 e. The van der Waals surface area contributed by atoms with Crippen LogP contribution in [0, 0.1) is 13.8 Å². The average molecular weight is 370 g/mol. The van der Waals surface area contributed by atoms with Crippen molar-refractivity contribution in [2.24, 2.45) is 0 Å². The van der Waals surface area contributed by atoms with Gasteiger partial charge in [0, 0.05) is 17.5 Å². The predicted octanol–water partition coefficient (Wildman–Crippen LogP) is 3.61. The van der Waals surface area contributed by atoms with Gasteiger partial charge in [0.1, 0.15) is 5.76 Å². The van der Waals surface area contributed by atoms with Crippen LogP contribution >= 0.6 is 0 Å². The van der Waals surface area contributed by atoms with E-state index in [0.29, 0.717) is 17.3 Å².